The van der Waals surface area contributed by atoms with E-state index >= 15 is 0 Å². The monoisotopic (exact) mass is 339 g/mol. The van der Waals surface area contributed by atoms with Crippen molar-refractivity contribution in [2.24, 2.45) is 5.10 Å². The van der Waals surface area contributed by atoms with Gasteiger partial charge in [-0.25, -0.2) is 0 Å². The van der Waals surface area contributed by atoms with Crippen LogP contribution in [0.25, 0.3) is 0 Å². The van der Waals surface area contributed by atoms with E-state index in [1.165, 1.54) is 6.21 Å². The number of aromatic hydroxyl groups is 1. The molecule has 0 amide bonds. The van der Waals surface area contributed by atoms with Crippen molar-refractivity contribution in [3.8, 4) is 5.75 Å². The molecule has 7 heteroatoms. The lowest BCUT2D eigenvalue weighted by atomic mass is 10.2. The normalized spacial score (nSPS) is 10.6. The Morgan fingerprint density at radius 2 is 2.00 bits per heavy atom. The summed E-state index contributed by atoms with van der Waals surface area (Å²) in [5, 5.41) is 17.5. The average Bonchev–Trinajstić information content (AvgIpc) is 2.42. The Kier molecular flexibility index (Phi) is 5.38. The van der Waals surface area contributed by atoms with Gasteiger partial charge in [0.05, 0.1) is 16.9 Å². The number of halogens is 2. The number of rotatable bonds is 3. The average molecular weight is 340 g/mol. The Morgan fingerprint density at radius 3 is 2.71 bits per heavy atom. The van der Waals surface area contributed by atoms with E-state index in [0.29, 0.717) is 15.7 Å². The van der Waals surface area contributed by atoms with Crippen LogP contribution >= 0.6 is 35.4 Å². The Hall–Kier alpha value is -1.82. The van der Waals surface area contributed by atoms with Gasteiger partial charge in [-0.1, -0.05) is 35.3 Å². The number of anilines is 1. The largest absolute Gasteiger partial charge is 0.508 e. The number of nitrogens with zero attached hydrogens (tertiary/aromatic N) is 1. The molecule has 0 fully saturated rings. The van der Waals surface area contributed by atoms with Gasteiger partial charge in [0.1, 0.15) is 5.75 Å². The molecule has 0 aliphatic rings. The molecule has 0 bridgehead atoms. The molecular formula is C14H11Cl2N3OS. The summed E-state index contributed by atoms with van der Waals surface area (Å²) < 4.78 is 0. The van der Waals surface area contributed by atoms with Crippen LogP contribution in [0.1, 0.15) is 5.56 Å². The molecule has 2 aromatic carbocycles. The molecule has 21 heavy (non-hydrogen) atoms. The van der Waals surface area contributed by atoms with Gasteiger partial charge in [-0.2, -0.15) is 5.10 Å². The molecule has 108 valence electrons. The van der Waals surface area contributed by atoms with Crippen molar-refractivity contribution >= 4 is 52.4 Å². The molecule has 3 N–H and O–H groups in total. The quantitative estimate of drug-likeness (QED) is 0.449. The van der Waals surface area contributed by atoms with Crippen molar-refractivity contribution in [1.29, 1.82) is 0 Å². The second-order valence-electron chi connectivity index (χ2n) is 4.04. The summed E-state index contributed by atoms with van der Waals surface area (Å²) in [4.78, 5) is 0. The third-order valence-corrected chi connectivity index (χ3v) is 3.17. The Morgan fingerprint density at radius 1 is 1.19 bits per heavy atom. The lowest BCUT2D eigenvalue weighted by Crippen LogP contribution is -2.24. The first kappa shape index (κ1) is 15.6. The molecule has 2 aromatic rings. The van der Waals surface area contributed by atoms with Crippen LogP contribution in [0.3, 0.4) is 0 Å². The van der Waals surface area contributed by atoms with Crippen LogP contribution in [0.2, 0.25) is 10.0 Å². The molecule has 4 nitrogen and oxygen atoms in total. The number of thiocarbonyl (C=S) groups is 1. The van der Waals surface area contributed by atoms with E-state index in [0.717, 1.165) is 5.56 Å². The number of hydrazone groups is 1. The van der Waals surface area contributed by atoms with Crippen LogP contribution in [-0.2, 0) is 0 Å². The van der Waals surface area contributed by atoms with Crippen molar-refractivity contribution < 1.29 is 5.11 Å². The highest BCUT2D eigenvalue weighted by molar-refractivity contribution is 7.80. The summed E-state index contributed by atoms with van der Waals surface area (Å²) in [7, 11) is 0. The highest BCUT2D eigenvalue weighted by Crippen LogP contribution is 2.25. The van der Waals surface area contributed by atoms with Gasteiger partial charge in [0, 0.05) is 5.02 Å². The Bertz CT molecular complexity index is 692. The molecule has 0 saturated heterocycles. The van der Waals surface area contributed by atoms with E-state index in [-0.39, 0.29) is 10.9 Å². The molecule has 0 aliphatic heterocycles. The topological polar surface area (TPSA) is 56.7 Å². The van der Waals surface area contributed by atoms with Gasteiger partial charge in [-0.15, -0.1) is 0 Å². The number of hydrogen-bond acceptors (Lipinski definition) is 3. The van der Waals surface area contributed by atoms with E-state index in [2.05, 4.69) is 15.8 Å². The fourth-order valence-electron chi connectivity index (χ4n) is 1.51. The van der Waals surface area contributed by atoms with Crippen molar-refractivity contribution in [3.05, 3.63) is 58.1 Å². The number of phenols is 1. The van der Waals surface area contributed by atoms with Gasteiger partial charge in [0.15, 0.2) is 5.11 Å². The van der Waals surface area contributed by atoms with Gasteiger partial charge >= 0.3 is 0 Å². The van der Waals surface area contributed by atoms with Gasteiger partial charge in [-0.05, 0) is 48.1 Å². The zero-order valence-electron chi connectivity index (χ0n) is 10.7. The van der Waals surface area contributed by atoms with Crippen LogP contribution in [0.5, 0.6) is 5.75 Å². The number of phenolic OH excluding ortho intramolecular Hbond substituents is 1. The van der Waals surface area contributed by atoms with Crippen LogP contribution in [0.4, 0.5) is 5.69 Å². The minimum atomic E-state index is 0.174. The summed E-state index contributed by atoms with van der Waals surface area (Å²) in [5.41, 5.74) is 4.03. The first-order chi connectivity index (χ1) is 10.0. The second kappa shape index (κ2) is 7.26. The van der Waals surface area contributed by atoms with E-state index in [1.54, 1.807) is 42.5 Å². The van der Waals surface area contributed by atoms with Crippen molar-refractivity contribution in [2.75, 3.05) is 5.32 Å². The van der Waals surface area contributed by atoms with Crippen LogP contribution in [0, 0.1) is 0 Å². The number of benzene rings is 2. The van der Waals surface area contributed by atoms with Gasteiger partial charge < -0.3 is 10.4 Å². The number of hydrogen-bond donors (Lipinski definition) is 3. The summed E-state index contributed by atoms with van der Waals surface area (Å²) in [5.74, 6) is 0.174. The summed E-state index contributed by atoms with van der Waals surface area (Å²) in [6, 6.07) is 11.7. The van der Waals surface area contributed by atoms with Crippen molar-refractivity contribution in [2.45, 2.75) is 0 Å². The first-order valence-corrected chi connectivity index (χ1v) is 7.05. The molecule has 0 heterocycles. The van der Waals surface area contributed by atoms with Crippen LogP contribution < -0.4 is 10.7 Å². The van der Waals surface area contributed by atoms with Crippen molar-refractivity contribution in [1.82, 2.24) is 5.43 Å². The molecule has 0 aliphatic carbocycles. The van der Waals surface area contributed by atoms with E-state index in [1.807, 2.05) is 0 Å². The fraction of sp³-hybridized carbons (Fsp3) is 0. The third-order valence-electron chi connectivity index (χ3n) is 2.43. The summed E-state index contributed by atoms with van der Waals surface area (Å²) >= 11 is 16.9. The molecule has 2 rings (SSSR count). The van der Waals surface area contributed by atoms with Crippen molar-refractivity contribution in [3.63, 3.8) is 0 Å². The lowest BCUT2D eigenvalue weighted by Gasteiger charge is -2.08. The highest BCUT2D eigenvalue weighted by atomic mass is 35.5. The Labute approximate surface area is 137 Å². The predicted molar refractivity (Wildman–Crippen MR) is 91.5 cm³/mol. The Balaban J connectivity index is 1.93. The molecule has 0 spiro atoms. The zero-order valence-corrected chi connectivity index (χ0v) is 13.0. The standard InChI is InChI=1S/C14H11Cl2N3OS/c15-10-4-5-13(12(16)7-10)18-14(21)19-17-8-9-2-1-3-11(20)6-9/h1-8,20H,(H2,18,19,21)/b17-8+. The zero-order chi connectivity index (χ0) is 15.2. The smallest absolute Gasteiger partial charge is 0.191 e. The van der Waals surface area contributed by atoms with Gasteiger partial charge in [-0.3, -0.25) is 5.43 Å². The van der Waals surface area contributed by atoms with E-state index in [4.69, 9.17) is 35.4 Å². The number of nitrogens with one attached hydrogen (secondary N) is 2. The molecule has 0 saturated carbocycles. The molecule has 0 radical (unpaired) electrons. The molecule has 0 unspecified atom stereocenters. The van der Waals surface area contributed by atoms with Crippen LogP contribution in [-0.4, -0.2) is 16.4 Å². The third kappa shape index (κ3) is 4.90. The van der Waals surface area contributed by atoms with Gasteiger partial charge in [0.25, 0.3) is 0 Å². The van der Waals surface area contributed by atoms with E-state index in [9.17, 15) is 5.11 Å². The maximum atomic E-state index is 9.32. The minimum Gasteiger partial charge on any atom is -0.508 e. The maximum absolute atomic E-state index is 9.32. The summed E-state index contributed by atoms with van der Waals surface area (Å²) in [6.07, 6.45) is 1.54. The fourth-order valence-corrected chi connectivity index (χ4v) is 2.13. The summed E-state index contributed by atoms with van der Waals surface area (Å²) in [6.45, 7) is 0. The predicted octanol–water partition coefficient (Wildman–Crippen LogP) is 4.02. The van der Waals surface area contributed by atoms with E-state index < -0.39 is 0 Å². The maximum Gasteiger partial charge on any atom is 0.191 e. The second-order valence-corrected chi connectivity index (χ2v) is 5.30. The molecule has 0 aromatic heterocycles. The molecular weight excluding hydrogens is 329 g/mol. The molecule has 0 atom stereocenters. The van der Waals surface area contributed by atoms with Crippen LogP contribution in [0.15, 0.2) is 47.6 Å². The lowest BCUT2D eigenvalue weighted by molar-refractivity contribution is 0.475. The minimum absolute atomic E-state index is 0.174. The first-order valence-electron chi connectivity index (χ1n) is 5.89. The SMILES string of the molecule is Oc1cccc(/C=N/NC(=S)Nc2ccc(Cl)cc2Cl)c1. The van der Waals surface area contributed by atoms with Gasteiger partial charge in [0.2, 0.25) is 0 Å². The highest BCUT2D eigenvalue weighted by Gasteiger charge is 2.02.